The molecule has 0 unspecified atom stereocenters. The number of ether oxygens (including phenoxy) is 1. The fourth-order valence-corrected chi connectivity index (χ4v) is 3.67. The van der Waals surface area contributed by atoms with Gasteiger partial charge in [-0.25, -0.2) is 4.98 Å². The quantitative estimate of drug-likeness (QED) is 0.557. The highest BCUT2D eigenvalue weighted by Gasteiger charge is 2.23. The Morgan fingerprint density at radius 1 is 1.31 bits per heavy atom. The number of amides is 1. The SMILES string of the molecule is CCc1cc(=O)n2nc(NCCc3ccc(OCC(=O)NC4CC4)cc3)sc2n1. The van der Waals surface area contributed by atoms with E-state index in [1.54, 1.807) is 0 Å². The Labute approximate surface area is 171 Å². The molecule has 2 aromatic heterocycles. The van der Waals surface area contributed by atoms with Crippen molar-refractivity contribution in [3.8, 4) is 5.75 Å². The van der Waals surface area contributed by atoms with Gasteiger partial charge < -0.3 is 15.4 Å². The molecule has 0 atom stereocenters. The summed E-state index contributed by atoms with van der Waals surface area (Å²) in [7, 11) is 0. The van der Waals surface area contributed by atoms with Gasteiger partial charge in [0.2, 0.25) is 10.1 Å². The minimum atomic E-state index is -0.155. The van der Waals surface area contributed by atoms with Crippen LogP contribution in [0.1, 0.15) is 31.0 Å². The molecule has 29 heavy (non-hydrogen) atoms. The van der Waals surface area contributed by atoms with E-state index in [9.17, 15) is 9.59 Å². The van der Waals surface area contributed by atoms with Crippen LogP contribution in [-0.2, 0) is 17.6 Å². The van der Waals surface area contributed by atoms with Crippen LogP contribution in [0.25, 0.3) is 4.96 Å². The molecule has 4 rings (SSSR count). The van der Waals surface area contributed by atoms with Gasteiger partial charge in [-0.15, -0.1) is 5.10 Å². The molecule has 3 aromatic rings. The van der Waals surface area contributed by atoms with E-state index in [0.717, 1.165) is 36.9 Å². The number of rotatable bonds is 9. The van der Waals surface area contributed by atoms with Crippen LogP contribution in [0.4, 0.5) is 5.13 Å². The molecular weight excluding hydrogens is 390 g/mol. The first-order valence-corrected chi connectivity index (χ1v) is 10.6. The predicted molar refractivity (Wildman–Crippen MR) is 112 cm³/mol. The number of hydrogen-bond acceptors (Lipinski definition) is 7. The van der Waals surface area contributed by atoms with Gasteiger partial charge in [0.15, 0.2) is 6.61 Å². The molecule has 0 spiro atoms. The molecule has 0 saturated heterocycles. The number of hydrogen-bond donors (Lipinski definition) is 2. The van der Waals surface area contributed by atoms with Crippen molar-refractivity contribution in [3.05, 3.63) is 51.9 Å². The molecule has 1 fully saturated rings. The summed E-state index contributed by atoms with van der Waals surface area (Å²) >= 11 is 1.37. The highest BCUT2D eigenvalue weighted by atomic mass is 32.1. The van der Waals surface area contributed by atoms with E-state index in [-0.39, 0.29) is 18.1 Å². The number of aryl methyl sites for hydroxylation is 1. The molecule has 0 aliphatic heterocycles. The van der Waals surface area contributed by atoms with Crippen LogP contribution in [0.2, 0.25) is 0 Å². The minimum absolute atomic E-state index is 0.0438. The summed E-state index contributed by atoms with van der Waals surface area (Å²) in [6.07, 6.45) is 3.65. The smallest absolute Gasteiger partial charge is 0.275 e. The fourth-order valence-electron chi connectivity index (χ4n) is 2.82. The molecule has 2 N–H and O–H groups in total. The lowest BCUT2D eigenvalue weighted by Crippen LogP contribution is -2.30. The number of benzene rings is 1. The zero-order chi connectivity index (χ0) is 20.2. The third-order valence-electron chi connectivity index (χ3n) is 4.59. The second kappa shape index (κ2) is 8.60. The van der Waals surface area contributed by atoms with E-state index in [1.807, 2.05) is 31.2 Å². The van der Waals surface area contributed by atoms with Crippen molar-refractivity contribution in [2.45, 2.75) is 38.6 Å². The monoisotopic (exact) mass is 413 g/mol. The first-order valence-electron chi connectivity index (χ1n) is 9.75. The van der Waals surface area contributed by atoms with Crippen molar-refractivity contribution in [2.75, 3.05) is 18.5 Å². The molecule has 1 aliphatic carbocycles. The summed E-state index contributed by atoms with van der Waals surface area (Å²) in [4.78, 5) is 28.7. The Morgan fingerprint density at radius 2 is 2.10 bits per heavy atom. The Balaban J connectivity index is 1.27. The number of nitrogens with one attached hydrogen (secondary N) is 2. The first kappa shape index (κ1) is 19.4. The van der Waals surface area contributed by atoms with Crippen LogP contribution >= 0.6 is 11.3 Å². The highest BCUT2D eigenvalue weighted by molar-refractivity contribution is 7.20. The van der Waals surface area contributed by atoms with E-state index in [1.165, 1.54) is 21.9 Å². The van der Waals surface area contributed by atoms with Crippen LogP contribution in [0.15, 0.2) is 35.1 Å². The Hall–Kier alpha value is -2.94. The maximum Gasteiger partial charge on any atom is 0.275 e. The summed E-state index contributed by atoms with van der Waals surface area (Å²) in [5, 5.41) is 11.1. The van der Waals surface area contributed by atoms with Crippen molar-refractivity contribution in [1.82, 2.24) is 19.9 Å². The average Bonchev–Trinajstić information content (AvgIpc) is 3.43. The van der Waals surface area contributed by atoms with Crippen molar-refractivity contribution in [3.63, 3.8) is 0 Å². The summed E-state index contributed by atoms with van der Waals surface area (Å²) in [5.74, 6) is 0.604. The van der Waals surface area contributed by atoms with Gasteiger partial charge in [0.05, 0.1) is 0 Å². The average molecular weight is 414 g/mol. The summed E-state index contributed by atoms with van der Waals surface area (Å²) < 4.78 is 6.84. The molecule has 0 radical (unpaired) electrons. The predicted octanol–water partition coefficient (Wildman–Crippen LogP) is 2.03. The number of carbonyl (C=O) groups is 1. The second-order valence-electron chi connectivity index (χ2n) is 6.99. The standard InChI is InChI=1S/C20H23N5O3S/c1-2-14-11-18(27)25-20(23-14)29-19(24-25)21-10-9-13-3-7-16(8-4-13)28-12-17(26)22-15-5-6-15/h3-4,7-8,11,15H,2,5-6,9-10,12H2,1H3,(H,21,24)(H,22,26). The van der Waals surface area contributed by atoms with E-state index in [0.29, 0.717) is 28.4 Å². The zero-order valence-corrected chi connectivity index (χ0v) is 17.0. The Kier molecular flexibility index (Phi) is 5.75. The number of carbonyl (C=O) groups excluding carboxylic acids is 1. The van der Waals surface area contributed by atoms with Crippen molar-refractivity contribution >= 4 is 27.3 Å². The van der Waals surface area contributed by atoms with Gasteiger partial charge in [0.1, 0.15) is 5.75 Å². The number of fused-ring (bicyclic) bond motifs is 1. The van der Waals surface area contributed by atoms with E-state index in [2.05, 4.69) is 20.7 Å². The van der Waals surface area contributed by atoms with Crippen LogP contribution < -0.4 is 20.9 Å². The third kappa shape index (κ3) is 5.11. The molecule has 1 aliphatic rings. The van der Waals surface area contributed by atoms with E-state index in [4.69, 9.17) is 4.74 Å². The van der Waals surface area contributed by atoms with E-state index >= 15 is 0 Å². The normalized spacial score (nSPS) is 13.4. The summed E-state index contributed by atoms with van der Waals surface area (Å²) in [6, 6.07) is 9.57. The fraction of sp³-hybridized carbons (Fsp3) is 0.400. The topological polar surface area (TPSA) is 97.6 Å². The van der Waals surface area contributed by atoms with Gasteiger partial charge in [-0.1, -0.05) is 30.4 Å². The van der Waals surface area contributed by atoms with Gasteiger partial charge in [0, 0.05) is 24.3 Å². The largest absolute Gasteiger partial charge is 0.484 e. The van der Waals surface area contributed by atoms with Crippen molar-refractivity contribution < 1.29 is 9.53 Å². The number of nitrogens with zero attached hydrogens (tertiary/aromatic N) is 3. The van der Waals surface area contributed by atoms with Gasteiger partial charge in [0.25, 0.3) is 11.5 Å². The molecule has 9 heteroatoms. The molecule has 1 aromatic carbocycles. The molecule has 0 bridgehead atoms. The van der Waals surface area contributed by atoms with Gasteiger partial charge in [-0.05, 0) is 43.4 Å². The molecule has 2 heterocycles. The molecule has 152 valence electrons. The van der Waals surface area contributed by atoms with Gasteiger partial charge >= 0.3 is 0 Å². The maximum absolute atomic E-state index is 12.1. The van der Waals surface area contributed by atoms with Gasteiger partial charge in [-0.2, -0.15) is 4.52 Å². The zero-order valence-electron chi connectivity index (χ0n) is 16.2. The summed E-state index contributed by atoms with van der Waals surface area (Å²) in [5.41, 5.74) is 1.76. The van der Waals surface area contributed by atoms with Crippen LogP contribution in [0, 0.1) is 0 Å². The van der Waals surface area contributed by atoms with Crippen molar-refractivity contribution in [1.29, 1.82) is 0 Å². The lowest BCUT2D eigenvalue weighted by atomic mass is 10.1. The number of aromatic nitrogens is 3. The van der Waals surface area contributed by atoms with E-state index < -0.39 is 0 Å². The Morgan fingerprint density at radius 3 is 2.83 bits per heavy atom. The van der Waals surface area contributed by atoms with Crippen LogP contribution in [0.5, 0.6) is 5.75 Å². The molecule has 1 amide bonds. The maximum atomic E-state index is 12.1. The number of anilines is 1. The van der Waals surface area contributed by atoms with Gasteiger partial charge in [-0.3, -0.25) is 9.59 Å². The lowest BCUT2D eigenvalue weighted by Gasteiger charge is -2.08. The molecule has 1 saturated carbocycles. The second-order valence-corrected chi connectivity index (χ2v) is 7.95. The highest BCUT2D eigenvalue weighted by Crippen LogP contribution is 2.19. The lowest BCUT2D eigenvalue weighted by molar-refractivity contribution is -0.123. The van der Waals surface area contributed by atoms with Crippen LogP contribution in [0.3, 0.4) is 0 Å². The molecule has 8 nitrogen and oxygen atoms in total. The third-order valence-corrected chi connectivity index (χ3v) is 5.45. The minimum Gasteiger partial charge on any atom is -0.484 e. The first-order chi connectivity index (χ1) is 14.1. The van der Waals surface area contributed by atoms with Crippen LogP contribution in [-0.4, -0.2) is 39.7 Å². The van der Waals surface area contributed by atoms with Crippen molar-refractivity contribution in [2.24, 2.45) is 0 Å². The Bertz CT molecular complexity index is 1060. The summed E-state index contributed by atoms with van der Waals surface area (Å²) in [6.45, 7) is 2.69. The molecular formula is C20H23N5O3S.